The Morgan fingerprint density at radius 1 is 1.28 bits per heavy atom. The van der Waals surface area contributed by atoms with Crippen molar-refractivity contribution in [2.24, 2.45) is 11.8 Å². The van der Waals surface area contributed by atoms with Gasteiger partial charge in [-0.2, -0.15) is 0 Å². The lowest BCUT2D eigenvalue weighted by Gasteiger charge is -2.39. The fourth-order valence-electron chi connectivity index (χ4n) is 3.82. The standard InChI is InChI=1S/C20H29FN2O2/c1-6-20(11-15-7-9-17(21)10-8-15)12-16(19(25)22(4)5)13-23(20)18(24)14(2)3/h7-10,14,16H,6,11-13H2,1-5H3/t16-,20+/m0/s1. The molecule has 4 nitrogen and oxygen atoms in total. The second-order valence-corrected chi connectivity index (χ2v) is 7.62. The quantitative estimate of drug-likeness (QED) is 0.820. The van der Waals surface area contributed by atoms with Crippen LogP contribution in [0.3, 0.4) is 0 Å². The van der Waals surface area contributed by atoms with Gasteiger partial charge in [-0.3, -0.25) is 9.59 Å². The van der Waals surface area contributed by atoms with Crippen LogP contribution >= 0.6 is 0 Å². The van der Waals surface area contributed by atoms with Crippen LogP contribution in [0.5, 0.6) is 0 Å². The molecule has 0 N–H and O–H groups in total. The summed E-state index contributed by atoms with van der Waals surface area (Å²) < 4.78 is 13.2. The predicted molar refractivity (Wildman–Crippen MR) is 96.5 cm³/mol. The van der Waals surface area contributed by atoms with Gasteiger partial charge in [0.1, 0.15) is 5.82 Å². The SMILES string of the molecule is CC[C@@]1(Cc2ccc(F)cc2)C[C@H](C(=O)N(C)C)CN1C(=O)C(C)C. The first-order chi connectivity index (χ1) is 11.7. The van der Waals surface area contributed by atoms with Crippen LogP contribution in [-0.2, 0) is 16.0 Å². The summed E-state index contributed by atoms with van der Waals surface area (Å²) in [7, 11) is 3.51. The highest BCUT2D eigenvalue weighted by Crippen LogP contribution is 2.40. The third kappa shape index (κ3) is 4.02. The molecule has 1 heterocycles. The fourth-order valence-corrected chi connectivity index (χ4v) is 3.82. The van der Waals surface area contributed by atoms with Gasteiger partial charge in [0.25, 0.3) is 0 Å². The average molecular weight is 348 g/mol. The van der Waals surface area contributed by atoms with Crippen LogP contribution in [0.1, 0.15) is 39.2 Å². The van der Waals surface area contributed by atoms with Gasteiger partial charge in [-0.1, -0.05) is 32.9 Å². The largest absolute Gasteiger partial charge is 0.349 e. The van der Waals surface area contributed by atoms with Crippen LogP contribution in [0, 0.1) is 17.7 Å². The molecule has 1 aromatic rings. The molecule has 0 radical (unpaired) electrons. The maximum absolute atomic E-state index is 13.2. The molecule has 1 saturated heterocycles. The molecule has 0 spiro atoms. The molecule has 0 bridgehead atoms. The Morgan fingerprint density at radius 2 is 1.88 bits per heavy atom. The molecule has 0 aliphatic carbocycles. The van der Waals surface area contributed by atoms with Crippen LogP contribution in [-0.4, -0.2) is 47.8 Å². The van der Waals surface area contributed by atoms with E-state index in [1.165, 1.54) is 12.1 Å². The van der Waals surface area contributed by atoms with E-state index < -0.39 is 5.54 Å². The molecule has 1 fully saturated rings. The van der Waals surface area contributed by atoms with E-state index in [1.807, 2.05) is 18.7 Å². The number of likely N-dealkylation sites (tertiary alicyclic amines) is 1. The molecular formula is C20H29FN2O2. The zero-order chi connectivity index (χ0) is 18.8. The number of amides is 2. The van der Waals surface area contributed by atoms with Crippen LogP contribution in [0.25, 0.3) is 0 Å². The minimum Gasteiger partial charge on any atom is -0.349 e. The van der Waals surface area contributed by atoms with Crippen molar-refractivity contribution in [2.75, 3.05) is 20.6 Å². The second-order valence-electron chi connectivity index (χ2n) is 7.62. The maximum Gasteiger partial charge on any atom is 0.227 e. The highest BCUT2D eigenvalue weighted by molar-refractivity contribution is 5.83. The van der Waals surface area contributed by atoms with Gasteiger partial charge in [0.2, 0.25) is 11.8 Å². The first kappa shape index (κ1) is 19.4. The molecule has 2 atom stereocenters. The monoisotopic (exact) mass is 348 g/mol. The van der Waals surface area contributed by atoms with Crippen LogP contribution < -0.4 is 0 Å². The van der Waals surface area contributed by atoms with Crippen molar-refractivity contribution >= 4 is 11.8 Å². The Labute approximate surface area is 150 Å². The molecule has 5 heteroatoms. The number of hydrogen-bond acceptors (Lipinski definition) is 2. The highest BCUT2D eigenvalue weighted by atomic mass is 19.1. The van der Waals surface area contributed by atoms with Gasteiger partial charge in [-0.25, -0.2) is 4.39 Å². The predicted octanol–water partition coefficient (Wildman–Crippen LogP) is 3.11. The average Bonchev–Trinajstić information content (AvgIpc) is 2.95. The van der Waals surface area contributed by atoms with Gasteiger partial charge < -0.3 is 9.80 Å². The van der Waals surface area contributed by atoms with Crippen molar-refractivity contribution in [3.8, 4) is 0 Å². The van der Waals surface area contributed by atoms with Gasteiger partial charge in [-0.05, 0) is 37.0 Å². The fraction of sp³-hybridized carbons (Fsp3) is 0.600. The Kier molecular flexibility index (Phi) is 5.86. The Balaban J connectivity index is 2.36. The van der Waals surface area contributed by atoms with Crippen molar-refractivity contribution in [3.63, 3.8) is 0 Å². The van der Waals surface area contributed by atoms with E-state index in [0.29, 0.717) is 19.4 Å². The van der Waals surface area contributed by atoms with Gasteiger partial charge in [0, 0.05) is 32.1 Å². The number of nitrogens with zero attached hydrogens (tertiary/aromatic N) is 2. The summed E-state index contributed by atoms with van der Waals surface area (Å²) in [6.45, 7) is 6.30. The van der Waals surface area contributed by atoms with E-state index in [4.69, 9.17) is 0 Å². The number of rotatable bonds is 5. The molecule has 2 rings (SSSR count). The van der Waals surface area contributed by atoms with Crippen molar-refractivity contribution < 1.29 is 14.0 Å². The van der Waals surface area contributed by atoms with Gasteiger partial charge in [0.05, 0.1) is 5.92 Å². The lowest BCUT2D eigenvalue weighted by Crippen LogP contribution is -2.50. The highest BCUT2D eigenvalue weighted by Gasteiger charge is 2.49. The molecule has 0 aromatic heterocycles. The second kappa shape index (κ2) is 7.54. The lowest BCUT2D eigenvalue weighted by molar-refractivity contribution is -0.139. The van der Waals surface area contributed by atoms with Gasteiger partial charge in [0.15, 0.2) is 0 Å². The molecule has 1 aromatic carbocycles. The normalized spacial score (nSPS) is 23.2. The minimum absolute atomic E-state index is 0.0657. The zero-order valence-electron chi connectivity index (χ0n) is 15.9. The van der Waals surface area contributed by atoms with Crippen molar-refractivity contribution in [2.45, 2.75) is 45.6 Å². The summed E-state index contributed by atoms with van der Waals surface area (Å²) in [6.07, 6.45) is 2.05. The summed E-state index contributed by atoms with van der Waals surface area (Å²) in [5.74, 6) is -0.420. The molecule has 0 saturated carbocycles. The smallest absolute Gasteiger partial charge is 0.227 e. The van der Waals surface area contributed by atoms with E-state index in [9.17, 15) is 14.0 Å². The number of hydrogen-bond donors (Lipinski definition) is 0. The number of benzene rings is 1. The first-order valence-corrected chi connectivity index (χ1v) is 8.97. The molecule has 1 aliphatic heterocycles. The van der Waals surface area contributed by atoms with E-state index in [-0.39, 0.29) is 29.5 Å². The van der Waals surface area contributed by atoms with E-state index in [0.717, 1.165) is 12.0 Å². The number of carbonyl (C=O) groups is 2. The molecule has 25 heavy (non-hydrogen) atoms. The topological polar surface area (TPSA) is 40.6 Å². The van der Waals surface area contributed by atoms with E-state index >= 15 is 0 Å². The molecule has 2 amide bonds. The third-order valence-corrected chi connectivity index (χ3v) is 5.26. The van der Waals surface area contributed by atoms with Gasteiger partial charge >= 0.3 is 0 Å². The zero-order valence-corrected chi connectivity index (χ0v) is 15.9. The number of carbonyl (C=O) groups excluding carboxylic acids is 2. The molecule has 138 valence electrons. The van der Waals surface area contributed by atoms with Crippen molar-refractivity contribution in [1.29, 1.82) is 0 Å². The summed E-state index contributed by atoms with van der Waals surface area (Å²) >= 11 is 0. The van der Waals surface area contributed by atoms with Gasteiger partial charge in [-0.15, -0.1) is 0 Å². The summed E-state index contributed by atoms with van der Waals surface area (Å²) in [4.78, 5) is 28.9. The van der Waals surface area contributed by atoms with Crippen LogP contribution in [0.15, 0.2) is 24.3 Å². The van der Waals surface area contributed by atoms with E-state index in [2.05, 4.69) is 6.92 Å². The minimum atomic E-state index is -0.393. The van der Waals surface area contributed by atoms with Crippen LogP contribution in [0.2, 0.25) is 0 Å². The summed E-state index contributed by atoms with van der Waals surface area (Å²) in [5.41, 5.74) is 0.595. The lowest BCUT2D eigenvalue weighted by atomic mass is 9.83. The summed E-state index contributed by atoms with van der Waals surface area (Å²) in [5, 5.41) is 0. The van der Waals surface area contributed by atoms with Crippen molar-refractivity contribution in [3.05, 3.63) is 35.6 Å². The Bertz CT molecular complexity index is 627. The third-order valence-electron chi connectivity index (χ3n) is 5.26. The first-order valence-electron chi connectivity index (χ1n) is 8.97. The summed E-state index contributed by atoms with van der Waals surface area (Å²) in [6, 6.07) is 6.44. The molecule has 0 unspecified atom stereocenters. The Hall–Kier alpha value is -1.91. The van der Waals surface area contributed by atoms with Crippen molar-refractivity contribution in [1.82, 2.24) is 9.80 Å². The Morgan fingerprint density at radius 3 is 2.36 bits per heavy atom. The van der Waals surface area contributed by atoms with E-state index in [1.54, 1.807) is 31.1 Å². The molecular weight excluding hydrogens is 319 g/mol. The van der Waals surface area contributed by atoms with Crippen LogP contribution in [0.4, 0.5) is 4.39 Å². The maximum atomic E-state index is 13.2. The number of halogens is 1. The molecule has 1 aliphatic rings.